The van der Waals surface area contributed by atoms with Crippen molar-refractivity contribution in [2.75, 3.05) is 0 Å². The molecule has 1 aromatic carbocycles. The van der Waals surface area contributed by atoms with Crippen molar-refractivity contribution in [2.45, 2.75) is 17.7 Å². The van der Waals surface area contributed by atoms with Crippen LogP contribution in [0.3, 0.4) is 0 Å². The monoisotopic (exact) mass is 309 g/mol. The van der Waals surface area contributed by atoms with E-state index in [0.29, 0.717) is 0 Å². The molecule has 17 heavy (non-hydrogen) atoms. The number of halogens is 2. The quantitative estimate of drug-likeness (QED) is 0.729. The first-order valence-electron chi connectivity index (χ1n) is 5.49. The number of aromatic nitrogens is 1. The molecule has 0 aliphatic heterocycles. The smallest absolute Gasteiger partial charge is 0.0490 e. The van der Waals surface area contributed by atoms with Crippen LogP contribution in [0.4, 0.5) is 0 Å². The summed E-state index contributed by atoms with van der Waals surface area (Å²) < 4.78 is 0. The van der Waals surface area contributed by atoms with Gasteiger partial charge in [-0.25, -0.2) is 0 Å². The Kier molecular flexibility index (Phi) is 4.19. The lowest BCUT2D eigenvalue weighted by Gasteiger charge is -2.19. The van der Waals surface area contributed by atoms with Gasteiger partial charge in [-0.1, -0.05) is 58.7 Å². The maximum absolute atomic E-state index is 6.20. The molecule has 0 radical (unpaired) electrons. The number of alkyl halides is 1. The van der Waals surface area contributed by atoms with Crippen molar-refractivity contribution in [1.82, 2.24) is 4.98 Å². The van der Waals surface area contributed by atoms with Crippen LogP contribution in [0.5, 0.6) is 0 Å². The molecule has 3 heteroatoms. The van der Waals surface area contributed by atoms with E-state index in [9.17, 15) is 0 Å². The van der Waals surface area contributed by atoms with Crippen molar-refractivity contribution >= 4 is 27.5 Å². The molecule has 2 atom stereocenters. The van der Waals surface area contributed by atoms with Crippen LogP contribution in [0.2, 0.25) is 5.02 Å². The van der Waals surface area contributed by atoms with Gasteiger partial charge in [0.15, 0.2) is 0 Å². The third-order valence-corrected chi connectivity index (χ3v) is 4.43. The van der Waals surface area contributed by atoms with Crippen molar-refractivity contribution in [3.05, 3.63) is 64.9 Å². The molecule has 2 rings (SSSR count). The van der Waals surface area contributed by atoms with Crippen LogP contribution in [-0.2, 0) is 0 Å². The molecule has 88 valence electrons. The molecule has 0 aliphatic carbocycles. The number of rotatable bonds is 3. The summed E-state index contributed by atoms with van der Waals surface area (Å²) in [6, 6.07) is 13.9. The third-order valence-electron chi connectivity index (χ3n) is 2.80. The topological polar surface area (TPSA) is 12.9 Å². The maximum atomic E-state index is 6.20. The van der Waals surface area contributed by atoms with E-state index in [2.05, 4.69) is 27.8 Å². The number of pyridine rings is 1. The van der Waals surface area contributed by atoms with Gasteiger partial charge in [0.1, 0.15) is 0 Å². The Morgan fingerprint density at radius 1 is 1.12 bits per heavy atom. The Balaban J connectivity index is 2.27. The lowest BCUT2D eigenvalue weighted by Crippen LogP contribution is -2.04. The summed E-state index contributed by atoms with van der Waals surface area (Å²) in [5, 5.41) is 0.789. The second-order valence-electron chi connectivity index (χ2n) is 3.97. The Hall–Kier alpha value is -0.860. The summed E-state index contributed by atoms with van der Waals surface area (Å²) in [7, 11) is 0. The standard InChI is InChI=1S/C14H13BrClN/c1-10(13-8-4-5-9-17-13)14(15)11-6-2-3-7-12(11)16/h2-10,14H,1H3. The van der Waals surface area contributed by atoms with Crippen LogP contribution < -0.4 is 0 Å². The van der Waals surface area contributed by atoms with Crippen LogP contribution in [0.25, 0.3) is 0 Å². The van der Waals surface area contributed by atoms with Gasteiger partial charge in [-0.2, -0.15) is 0 Å². The van der Waals surface area contributed by atoms with Crippen molar-refractivity contribution < 1.29 is 0 Å². The van der Waals surface area contributed by atoms with E-state index >= 15 is 0 Å². The van der Waals surface area contributed by atoms with Crippen molar-refractivity contribution in [3.8, 4) is 0 Å². The largest absolute Gasteiger partial charge is 0.261 e. The maximum Gasteiger partial charge on any atom is 0.0490 e. The summed E-state index contributed by atoms with van der Waals surface area (Å²) in [6.45, 7) is 2.14. The zero-order chi connectivity index (χ0) is 12.3. The van der Waals surface area contributed by atoms with E-state index in [4.69, 9.17) is 11.6 Å². The highest BCUT2D eigenvalue weighted by Gasteiger charge is 2.20. The third kappa shape index (κ3) is 2.88. The molecule has 0 amide bonds. The summed E-state index contributed by atoms with van der Waals surface area (Å²) >= 11 is 9.91. The molecule has 0 fully saturated rings. The summed E-state index contributed by atoms with van der Waals surface area (Å²) in [5.74, 6) is 0.274. The number of nitrogens with zero attached hydrogens (tertiary/aromatic N) is 1. The second-order valence-corrected chi connectivity index (χ2v) is 5.36. The van der Waals surface area contributed by atoms with Gasteiger partial charge < -0.3 is 0 Å². The van der Waals surface area contributed by atoms with Gasteiger partial charge >= 0.3 is 0 Å². The molecule has 0 saturated heterocycles. The van der Waals surface area contributed by atoms with Gasteiger partial charge in [0.05, 0.1) is 0 Å². The van der Waals surface area contributed by atoms with E-state index < -0.39 is 0 Å². The molecular weight excluding hydrogens is 298 g/mol. The summed E-state index contributed by atoms with van der Waals surface area (Å²) in [6.07, 6.45) is 1.82. The van der Waals surface area contributed by atoms with Gasteiger partial charge in [0, 0.05) is 27.7 Å². The fourth-order valence-electron chi connectivity index (χ4n) is 1.76. The van der Waals surface area contributed by atoms with E-state index in [1.54, 1.807) is 0 Å². The summed E-state index contributed by atoms with van der Waals surface area (Å²) in [5.41, 5.74) is 2.17. The van der Waals surface area contributed by atoms with Gasteiger partial charge in [0.25, 0.3) is 0 Å². The Labute approximate surface area is 115 Å². The predicted octanol–water partition coefficient (Wildman–Crippen LogP) is 4.97. The Morgan fingerprint density at radius 3 is 2.47 bits per heavy atom. The zero-order valence-corrected chi connectivity index (χ0v) is 11.8. The first-order chi connectivity index (χ1) is 8.20. The first kappa shape index (κ1) is 12.6. The van der Waals surface area contributed by atoms with E-state index in [1.165, 1.54) is 0 Å². The van der Waals surface area contributed by atoms with Crippen LogP contribution in [-0.4, -0.2) is 4.98 Å². The van der Waals surface area contributed by atoms with Crippen LogP contribution in [0.1, 0.15) is 28.9 Å². The normalized spacial score (nSPS) is 14.3. The molecule has 1 aromatic heterocycles. The highest BCUT2D eigenvalue weighted by molar-refractivity contribution is 9.09. The molecule has 0 aliphatic rings. The number of benzene rings is 1. The fourth-order valence-corrected chi connectivity index (χ4v) is 2.82. The summed E-state index contributed by atoms with van der Waals surface area (Å²) in [4.78, 5) is 4.55. The molecule has 0 bridgehead atoms. The highest BCUT2D eigenvalue weighted by atomic mass is 79.9. The SMILES string of the molecule is CC(c1ccccn1)C(Br)c1ccccc1Cl. The second kappa shape index (κ2) is 5.65. The number of hydrogen-bond donors (Lipinski definition) is 0. The Bertz CT molecular complexity index is 487. The lowest BCUT2D eigenvalue weighted by molar-refractivity contribution is 0.724. The first-order valence-corrected chi connectivity index (χ1v) is 6.79. The van der Waals surface area contributed by atoms with Gasteiger partial charge in [0.2, 0.25) is 0 Å². The van der Waals surface area contributed by atoms with Crippen LogP contribution in [0.15, 0.2) is 48.7 Å². The molecule has 0 spiro atoms. The molecule has 1 heterocycles. The zero-order valence-electron chi connectivity index (χ0n) is 9.48. The van der Waals surface area contributed by atoms with Crippen LogP contribution >= 0.6 is 27.5 Å². The van der Waals surface area contributed by atoms with Crippen LogP contribution in [0, 0.1) is 0 Å². The molecule has 1 nitrogen and oxygen atoms in total. The van der Waals surface area contributed by atoms with Crippen molar-refractivity contribution in [2.24, 2.45) is 0 Å². The van der Waals surface area contributed by atoms with E-state index in [1.807, 2.05) is 48.7 Å². The average Bonchev–Trinajstić information content (AvgIpc) is 2.39. The minimum Gasteiger partial charge on any atom is -0.261 e. The van der Waals surface area contributed by atoms with Gasteiger partial charge in [-0.3, -0.25) is 4.98 Å². The molecule has 2 aromatic rings. The lowest BCUT2D eigenvalue weighted by atomic mass is 9.97. The average molecular weight is 311 g/mol. The minimum absolute atomic E-state index is 0.172. The molecule has 2 unspecified atom stereocenters. The molecule has 0 N–H and O–H groups in total. The minimum atomic E-state index is 0.172. The fraction of sp³-hybridized carbons (Fsp3) is 0.214. The van der Waals surface area contributed by atoms with Crippen molar-refractivity contribution in [1.29, 1.82) is 0 Å². The molecular formula is C14H13BrClN. The van der Waals surface area contributed by atoms with E-state index in [0.717, 1.165) is 16.3 Å². The van der Waals surface area contributed by atoms with Gasteiger partial charge in [-0.15, -0.1) is 0 Å². The molecule has 0 saturated carbocycles. The Morgan fingerprint density at radius 2 is 1.82 bits per heavy atom. The highest BCUT2D eigenvalue weighted by Crippen LogP contribution is 2.39. The van der Waals surface area contributed by atoms with E-state index in [-0.39, 0.29) is 10.7 Å². The number of hydrogen-bond acceptors (Lipinski definition) is 1. The van der Waals surface area contributed by atoms with Gasteiger partial charge in [-0.05, 0) is 23.8 Å². The predicted molar refractivity (Wildman–Crippen MR) is 75.8 cm³/mol. The van der Waals surface area contributed by atoms with Crippen molar-refractivity contribution in [3.63, 3.8) is 0 Å².